The third-order valence-corrected chi connectivity index (χ3v) is 2.76. The number of benzene rings is 1. The van der Waals surface area contributed by atoms with Crippen molar-refractivity contribution in [1.29, 1.82) is 0 Å². The normalized spacial score (nSPS) is 10.6. The van der Waals surface area contributed by atoms with Crippen molar-refractivity contribution in [3.05, 3.63) is 52.1 Å². The highest BCUT2D eigenvalue weighted by Gasteiger charge is 2.04. The summed E-state index contributed by atoms with van der Waals surface area (Å²) >= 11 is 3.21. The van der Waals surface area contributed by atoms with Gasteiger partial charge in [0.25, 0.3) is 0 Å². The topological polar surface area (TPSA) is 34.4 Å². The van der Waals surface area contributed by atoms with Gasteiger partial charge in [-0.25, -0.2) is 4.39 Å². The van der Waals surface area contributed by atoms with Crippen molar-refractivity contribution in [2.24, 2.45) is 0 Å². The molecule has 1 N–H and O–H groups in total. The van der Waals surface area contributed by atoms with Crippen molar-refractivity contribution in [3.63, 3.8) is 0 Å². The predicted molar refractivity (Wildman–Crippen MR) is 69.9 cm³/mol. The second-order valence-electron chi connectivity index (χ2n) is 3.85. The number of hydrogen-bond donors (Lipinski definition) is 1. The summed E-state index contributed by atoms with van der Waals surface area (Å²) in [4.78, 5) is 0. The van der Waals surface area contributed by atoms with Crippen LogP contribution in [0.5, 0.6) is 5.75 Å². The molecule has 0 unspecified atom stereocenters. The maximum Gasteiger partial charge on any atom is 0.146 e. The van der Waals surface area contributed by atoms with Gasteiger partial charge in [0.1, 0.15) is 23.9 Å². The van der Waals surface area contributed by atoms with E-state index < -0.39 is 0 Å². The predicted octanol–water partition coefficient (Wildman–Crippen LogP) is 3.48. The first-order chi connectivity index (χ1) is 8.67. The summed E-state index contributed by atoms with van der Waals surface area (Å²) in [5.41, 5.74) is 1.05. The highest BCUT2D eigenvalue weighted by atomic mass is 79.9. The van der Waals surface area contributed by atoms with E-state index in [0.717, 1.165) is 12.1 Å². The van der Waals surface area contributed by atoms with E-state index in [-0.39, 0.29) is 12.4 Å². The summed E-state index contributed by atoms with van der Waals surface area (Å²) in [6.07, 6.45) is 1.68. The van der Waals surface area contributed by atoms with Crippen molar-refractivity contribution < 1.29 is 13.5 Å². The largest absolute Gasteiger partial charge is 0.486 e. The molecule has 0 bridgehead atoms. The molecule has 18 heavy (non-hydrogen) atoms. The van der Waals surface area contributed by atoms with Crippen LogP contribution in [0.25, 0.3) is 0 Å². The summed E-state index contributed by atoms with van der Waals surface area (Å²) in [6, 6.07) is 6.33. The van der Waals surface area contributed by atoms with E-state index in [9.17, 15) is 4.39 Å². The van der Waals surface area contributed by atoms with Gasteiger partial charge in [-0.3, -0.25) is 0 Å². The molecule has 0 amide bonds. The Morgan fingerprint density at radius 3 is 2.89 bits per heavy atom. The van der Waals surface area contributed by atoms with Gasteiger partial charge in [0.2, 0.25) is 0 Å². The molecular formula is C13H13BrFNO2. The van der Waals surface area contributed by atoms with Crippen LogP contribution in [0, 0.1) is 5.82 Å². The fraction of sp³-hybridized carbons (Fsp3) is 0.231. The van der Waals surface area contributed by atoms with Gasteiger partial charge >= 0.3 is 0 Å². The molecule has 0 saturated carbocycles. The molecule has 0 aliphatic heterocycles. The Labute approximate surface area is 113 Å². The van der Waals surface area contributed by atoms with E-state index in [2.05, 4.69) is 21.2 Å². The first-order valence-electron chi connectivity index (χ1n) is 5.47. The summed E-state index contributed by atoms with van der Waals surface area (Å²) in [7, 11) is 1.87. The van der Waals surface area contributed by atoms with Crippen molar-refractivity contribution in [2.45, 2.75) is 13.2 Å². The number of ether oxygens (including phenoxy) is 1. The maximum absolute atomic E-state index is 13.1. The molecule has 1 aromatic heterocycles. The Hall–Kier alpha value is -1.33. The minimum atomic E-state index is -0.338. The van der Waals surface area contributed by atoms with E-state index in [1.807, 2.05) is 13.1 Å². The van der Waals surface area contributed by atoms with Crippen LogP contribution in [-0.4, -0.2) is 7.05 Å². The molecule has 1 heterocycles. The number of nitrogens with one attached hydrogen (secondary N) is 1. The lowest BCUT2D eigenvalue weighted by atomic mass is 10.3. The first-order valence-corrected chi connectivity index (χ1v) is 6.26. The van der Waals surface area contributed by atoms with Crippen LogP contribution in [0.3, 0.4) is 0 Å². The second kappa shape index (κ2) is 6.02. The van der Waals surface area contributed by atoms with Crippen LogP contribution in [0.2, 0.25) is 0 Å². The van der Waals surface area contributed by atoms with Crippen LogP contribution in [0.15, 0.2) is 39.4 Å². The molecule has 96 valence electrons. The van der Waals surface area contributed by atoms with Gasteiger partial charge in [-0.1, -0.05) is 15.9 Å². The molecule has 0 fully saturated rings. The minimum Gasteiger partial charge on any atom is -0.486 e. The van der Waals surface area contributed by atoms with Gasteiger partial charge in [0.15, 0.2) is 0 Å². The molecule has 0 aliphatic carbocycles. The number of halogens is 2. The van der Waals surface area contributed by atoms with Gasteiger partial charge in [0.05, 0.1) is 6.26 Å². The van der Waals surface area contributed by atoms with E-state index in [4.69, 9.17) is 9.15 Å². The Morgan fingerprint density at radius 2 is 2.17 bits per heavy atom. The average molecular weight is 314 g/mol. The molecule has 2 aromatic rings. The van der Waals surface area contributed by atoms with Crippen molar-refractivity contribution in [2.75, 3.05) is 7.05 Å². The molecular weight excluding hydrogens is 301 g/mol. The lowest BCUT2D eigenvalue weighted by molar-refractivity contribution is 0.269. The van der Waals surface area contributed by atoms with Gasteiger partial charge in [-0.2, -0.15) is 0 Å². The highest BCUT2D eigenvalue weighted by Crippen LogP contribution is 2.21. The van der Waals surface area contributed by atoms with Crippen LogP contribution < -0.4 is 10.1 Å². The van der Waals surface area contributed by atoms with Gasteiger partial charge < -0.3 is 14.5 Å². The van der Waals surface area contributed by atoms with Crippen molar-refractivity contribution in [1.82, 2.24) is 5.32 Å². The monoisotopic (exact) mass is 313 g/mol. The van der Waals surface area contributed by atoms with E-state index in [1.54, 1.807) is 12.3 Å². The third-order valence-electron chi connectivity index (χ3n) is 2.31. The molecule has 3 nitrogen and oxygen atoms in total. The third kappa shape index (κ3) is 3.58. The van der Waals surface area contributed by atoms with E-state index in [1.165, 1.54) is 12.1 Å². The van der Waals surface area contributed by atoms with Crippen LogP contribution in [0.1, 0.15) is 11.3 Å². The average Bonchev–Trinajstić information content (AvgIpc) is 2.74. The number of furan rings is 1. The molecule has 0 spiro atoms. The van der Waals surface area contributed by atoms with Crippen molar-refractivity contribution >= 4 is 15.9 Å². The Morgan fingerprint density at radius 1 is 1.33 bits per heavy atom. The number of rotatable bonds is 5. The fourth-order valence-electron chi connectivity index (χ4n) is 1.57. The number of hydrogen-bond acceptors (Lipinski definition) is 3. The zero-order chi connectivity index (χ0) is 13.0. The summed E-state index contributed by atoms with van der Waals surface area (Å²) in [5, 5.41) is 3.03. The molecule has 0 aliphatic rings. The summed E-state index contributed by atoms with van der Waals surface area (Å²) < 4.78 is 24.6. The maximum atomic E-state index is 13.1. The molecule has 2 rings (SSSR count). The lowest BCUT2D eigenvalue weighted by Crippen LogP contribution is -2.03. The molecule has 0 atom stereocenters. The summed E-state index contributed by atoms with van der Waals surface area (Å²) in [6.45, 7) is 1.02. The highest BCUT2D eigenvalue weighted by molar-refractivity contribution is 9.10. The van der Waals surface area contributed by atoms with Crippen LogP contribution >= 0.6 is 15.9 Å². The van der Waals surface area contributed by atoms with Crippen LogP contribution in [0.4, 0.5) is 4.39 Å². The first kappa shape index (κ1) is 13.1. The fourth-order valence-corrected chi connectivity index (χ4v) is 2.01. The summed E-state index contributed by atoms with van der Waals surface area (Å²) in [5.74, 6) is 0.837. The zero-order valence-electron chi connectivity index (χ0n) is 9.87. The zero-order valence-corrected chi connectivity index (χ0v) is 11.5. The molecule has 1 aromatic carbocycles. The van der Waals surface area contributed by atoms with Crippen molar-refractivity contribution in [3.8, 4) is 5.75 Å². The molecule has 0 saturated heterocycles. The van der Waals surface area contributed by atoms with Gasteiger partial charge in [-0.15, -0.1) is 0 Å². The quantitative estimate of drug-likeness (QED) is 0.917. The van der Waals surface area contributed by atoms with Gasteiger partial charge in [-0.05, 0) is 25.2 Å². The smallest absolute Gasteiger partial charge is 0.146 e. The Balaban J connectivity index is 1.97. The van der Waals surface area contributed by atoms with Crippen LogP contribution in [-0.2, 0) is 13.2 Å². The Kier molecular flexibility index (Phi) is 4.38. The van der Waals surface area contributed by atoms with E-state index >= 15 is 0 Å². The Bertz CT molecular complexity index is 507. The standard InChI is InChI=1S/C13H13BrFNO2/c1-16-6-9-2-13(17-7-9)8-18-12-4-10(14)3-11(15)5-12/h2-5,7,16H,6,8H2,1H3. The lowest BCUT2D eigenvalue weighted by Gasteiger charge is -2.04. The SMILES string of the molecule is CNCc1coc(COc2cc(F)cc(Br)c2)c1. The second-order valence-corrected chi connectivity index (χ2v) is 4.76. The van der Waals surface area contributed by atoms with Gasteiger partial charge in [0, 0.05) is 22.6 Å². The minimum absolute atomic E-state index is 0.277. The van der Waals surface area contributed by atoms with E-state index in [0.29, 0.717) is 16.0 Å². The molecule has 5 heteroatoms. The molecule has 0 radical (unpaired) electrons.